The second-order valence-corrected chi connectivity index (χ2v) is 5.87. The largest absolute Gasteiger partial charge is 0.319 e. The fraction of sp³-hybridized carbons (Fsp3) is 0.286. The zero-order valence-electron chi connectivity index (χ0n) is 9.89. The van der Waals surface area contributed by atoms with Gasteiger partial charge in [-0.25, -0.2) is 4.98 Å². The first-order valence-electron chi connectivity index (χ1n) is 6.16. The van der Waals surface area contributed by atoms with Crippen LogP contribution in [0.4, 0.5) is 0 Å². The molecule has 4 rings (SSSR count). The molecule has 2 aromatic heterocycles. The van der Waals surface area contributed by atoms with Crippen LogP contribution in [0, 0.1) is 0 Å². The number of thiazole rings is 1. The Morgan fingerprint density at radius 3 is 3.06 bits per heavy atom. The Labute approximate surface area is 109 Å². The van der Waals surface area contributed by atoms with Crippen LogP contribution in [-0.2, 0) is 12.0 Å². The zero-order chi connectivity index (χ0) is 12.2. The molecule has 0 aliphatic heterocycles. The van der Waals surface area contributed by atoms with Gasteiger partial charge in [0.2, 0.25) is 0 Å². The Morgan fingerprint density at radius 1 is 1.33 bits per heavy atom. The van der Waals surface area contributed by atoms with Gasteiger partial charge >= 0.3 is 0 Å². The van der Waals surface area contributed by atoms with E-state index in [0.29, 0.717) is 0 Å². The first kappa shape index (κ1) is 10.4. The van der Waals surface area contributed by atoms with Crippen molar-refractivity contribution in [3.63, 3.8) is 0 Å². The van der Waals surface area contributed by atoms with Gasteiger partial charge in [-0.2, -0.15) is 0 Å². The van der Waals surface area contributed by atoms with Crippen LogP contribution in [0.2, 0.25) is 0 Å². The summed E-state index contributed by atoms with van der Waals surface area (Å²) in [5, 5.41) is 3.20. The van der Waals surface area contributed by atoms with Crippen molar-refractivity contribution in [2.45, 2.75) is 24.8 Å². The SMILES string of the molecule is NC1(c2nc(C3=CCc4ncccc43)cs2)CC1. The van der Waals surface area contributed by atoms with E-state index in [9.17, 15) is 0 Å². The van der Waals surface area contributed by atoms with E-state index in [2.05, 4.69) is 22.5 Å². The van der Waals surface area contributed by atoms with Crippen LogP contribution in [0.5, 0.6) is 0 Å². The number of fused-ring (bicyclic) bond motifs is 1. The minimum Gasteiger partial charge on any atom is -0.319 e. The maximum atomic E-state index is 6.19. The van der Waals surface area contributed by atoms with Gasteiger partial charge in [-0.15, -0.1) is 11.3 Å². The van der Waals surface area contributed by atoms with E-state index in [4.69, 9.17) is 10.7 Å². The molecule has 1 saturated carbocycles. The molecule has 2 N–H and O–H groups in total. The quantitative estimate of drug-likeness (QED) is 0.897. The first-order chi connectivity index (χ1) is 8.76. The van der Waals surface area contributed by atoms with Crippen LogP contribution in [0.3, 0.4) is 0 Å². The summed E-state index contributed by atoms with van der Waals surface area (Å²) in [5.74, 6) is 0. The molecule has 0 spiro atoms. The zero-order valence-corrected chi connectivity index (χ0v) is 10.7. The second kappa shape index (κ2) is 3.49. The maximum absolute atomic E-state index is 6.19. The van der Waals surface area contributed by atoms with Crippen molar-refractivity contribution in [3.8, 4) is 0 Å². The highest BCUT2D eigenvalue weighted by molar-refractivity contribution is 7.10. The summed E-state index contributed by atoms with van der Waals surface area (Å²) in [6.07, 6.45) is 7.11. The lowest BCUT2D eigenvalue weighted by Crippen LogP contribution is -2.18. The molecule has 0 amide bonds. The highest BCUT2D eigenvalue weighted by Gasteiger charge is 2.43. The van der Waals surface area contributed by atoms with Crippen molar-refractivity contribution in [1.82, 2.24) is 9.97 Å². The Balaban J connectivity index is 1.75. The second-order valence-electron chi connectivity index (χ2n) is 5.01. The van der Waals surface area contributed by atoms with E-state index in [1.54, 1.807) is 11.3 Å². The predicted octanol–water partition coefficient (Wildman–Crippen LogP) is 2.47. The molecule has 4 heteroatoms. The Bertz CT molecular complexity index is 653. The summed E-state index contributed by atoms with van der Waals surface area (Å²) in [4.78, 5) is 9.12. The number of hydrogen-bond donors (Lipinski definition) is 1. The number of rotatable bonds is 2. The lowest BCUT2D eigenvalue weighted by Gasteiger charge is -2.03. The van der Waals surface area contributed by atoms with E-state index in [1.165, 1.54) is 11.1 Å². The van der Waals surface area contributed by atoms with Gasteiger partial charge in [-0.1, -0.05) is 12.1 Å². The fourth-order valence-electron chi connectivity index (χ4n) is 2.37. The summed E-state index contributed by atoms with van der Waals surface area (Å²) in [6, 6.07) is 4.10. The van der Waals surface area contributed by atoms with E-state index < -0.39 is 0 Å². The molecule has 2 aliphatic rings. The number of nitrogens with zero attached hydrogens (tertiary/aromatic N) is 2. The molecule has 2 heterocycles. The van der Waals surface area contributed by atoms with Crippen LogP contribution in [0.25, 0.3) is 5.57 Å². The molecule has 2 aliphatic carbocycles. The van der Waals surface area contributed by atoms with Gasteiger partial charge in [0.25, 0.3) is 0 Å². The molecule has 0 bridgehead atoms. The molecule has 3 nitrogen and oxygen atoms in total. The monoisotopic (exact) mass is 255 g/mol. The molecule has 1 fully saturated rings. The molecular weight excluding hydrogens is 242 g/mol. The summed E-state index contributed by atoms with van der Waals surface area (Å²) >= 11 is 1.68. The third-order valence-corrected chi connectivity index (χ3v) is 4.74. The number of hydrogen-bond acceptors (Lipinski definition) is 4. The standard InChI is InChI=1S/C14H13N3S/c15-14(5-6-14)13-17-12(8-18-13)10-3-4-11-9(10)2-1-7-16-11/h1-3,7-8H,4-6,15H2. The molecule has 0 atom stereocenters. The molecule has 18 heavy (non-hydrogen) atoms. The van der Waals surface area contributed by atoms with Crippen LogP contribution < -0.4 is 5.73 Å². The summed E-state index contributed by atoms with van der Waals surface area (Å²) < 4.78 is 0. The average Bonchev–Trinajstić information content (AvgIpc) is 2.86. The van der Waals surface area contributed by atoms with Gasteiger partial charge in [-0.05, 0) is 18.9 Å². The summed E-state index contributed by atoms with van der Waals surface area (Å²) in [6.45, 7) is 0. The number of aromatic nitrogens is 2. The smallest absolute Gasteiger partial charge is 0.113 e. The maximum Gasteiger partial charge on any atom is 0.113 e. The van der Waals surface area contributed by atoms with E-state index >= 15 is 0 Å². The average molecular weight is 255 g/mol. The molecule has 0 aromatic carbocycles. The lowest BCUT2D eigenvalue weighted by molar-refractivity contribution is 0.730. The highest BCUT2D eigenvalue weighted by atomic mass is 32.1. The van der Waals surface area contributed by atoms with Crippen molar-refractivity contribution in [2.75, 3.05) is 0 Å². The Kier molecular flexibility index (Phi) is 2.02. The predicted molar refractivity (Wildman–Crippen MR) is 72.2 cm³/mol. The van der Waals surface area contributed by atoms with Crippen LogP contribution in [0.1, 0.15) is 34.8 Å². The van der Waals surface area contributed by atoms with Crippen LogP contribution in [-0.4, -0.2) is 9.97 Å². The van der Waals surface area contributed by atoms with E-state index in [0.717, 1.165) is 35.7 Å². The van der Waals surface area contributed by atoms with Crippen LogP contribution >= 0.6 is 11.3 Å². The topological polar surface area (TPSA) is 51.8 Å². The highest BCUT2D eigenvalue weighted by Crippen LogP contribution is 2.45. The molecule has 90 valence electrons. The Morgan fingerprint density at radius 2 is 2.22 bits per heavy atom. The molecular formula is C14H13N3S. The van der Waals surface area contributed by atoms with Gasteiger partial charge in [0.15, 0.2) is 0 Å². The summed E-state index contributed by atoms with van der Waals surface area (Å²) in [7, 11) is 0. The fourth-order valence-corrected chi connectivity index (χ4v) is 3.36. The number of nitrogens with two attached hydrogens (primary N) is 1. The van der Waals surface area contributed by atoms with Gasteiger partial charge in [0, 0.05) is 29.1 Å². The van der Waals surface area contributed by atoms with E-state index in [1.807, 2.05) is 12.3 Å². The number of allylic oxidation sites excluding steroid dienone is 1. The molecule has 0 saturated heterocycles. The third kappa shape index (κ3) is 1.46. The normalized spacial score (nSPS) is 19.5. The van der Waals surface area contributed by atoms with Gasteiger partial charge in [0.1, 0.15) is 5.01 Å². The third-order valence-electron chi connectivity index (χ3n) is 3.67. The van der Waals surface area contributed by atoms with Gasteiger partial charge in [0.05, 0.1) is 16.9 Å². The molecule has 2 aromatic rings. The van der Waals surface area contributed by atoms with Gasteiger partial charge < -0.3 is 5.73 Å². The van der Waals surface area contributed by atoms with Crippen molar-refractivity contribution < 1.29 is 0 Å². The van der Waals surface area contributed by atoms with Crippen molar-refractivity contribution in [2.24, 2.45) is 5.73 Å². The summed E-state index contributed by atoms with van der Waals surface area (Å²) in [5.41, 5.74) is 10.7. The van der Waals surface area contributed by atoms with Crippen molar-refractivity contribution in [3.05, 3.63) is 51.7 Å². The molecule has 0 radical (unpaired) electrons. The first-order valence-corrected chi connectivity index (χ1v) is 7.04. The minimum absolute atomic E-state index is 0.125. The van der Waals surface area contributed by atoms with Crippen molar-refractivity contribution in [1.29, 1.82) is 0 Å². The number of pyridine rings is 1. The van der Waals surface area contributed by atoms with E-state index in [-0.39, 0.29) is 5.54 Å². The van der Waals surface area contributed by atoms with Gasteiger partial charge in [-0.3, -0.25) is 4.98 Å². The van der Waals surface area contributed by atoms with Crippen molar-refractivity contribution >= 4 is 16.9 Å². The van der Waals surface area contributed by atoms with Crippen LogP contribution in [0.15, 0.2) is 29.8 Å². The minimum atomic E-state index is -0.125. The molecule has 0 unspecified atom stereocenters. The Hall–Kier alpha value is -1.52. The lowest BCUT2D eigenvalue weighted by atomic mass is 10.1.